The molecule has 0 aliphatic heterocycles. The molecule has 0 aromatic carbocycles. The average molecular weight is 228 g/mol. The zero-order chi connectivity index (χ0) is 12.2. The number of amides is 2. The van der Waals surface area contributed by atoms with E-state index < -0.39 is 0 Å². The largest absolute Gasteiger partial charge is 0.341 e. The van der Waals surface area contributed by atoms with E-state index in [9.17, 15) is 4.79 Å². The van der Waals surface area contributed by atoms with Gasteiger partial charge in [-0.2, -0.15) is 0 Å². The Morgan fingerprint density at radius 1 is 1.00 bits per heavy atom. The first kappa shape index (κ1) is 15.3. The van der Waals surface area contributed by atoms with Crippen molar-refractivity contribution >= 4 is 6.03 Å². The number of hydrogen-bond acceptors (Lipinski definition) is 1. The van der Waals surface area contributed by atoms with Crippen molar-refractivity contribution in [1.29, 1.82) is 0 Å². The fraction of sp³-hybridized carbons (Fsp3) is 0.923. The van der Waals surface area contributed by atoms with E-state index in [1.165, 1.54) is 38.5 Å². The Morgan fingerprint density at radius 2 is 1.56 bits per heavy atom. The van der Waals surface area contributed by atoms with Crippen LogP contribution in [0.3, 0.4) is 0 Å². The van der Waals surface area contributed by atoms with Crippen molar-refractivity contribution in [3.8, 4) is 0 Å². The minimum atomic E-state index is -0.0723. The van der Waals surface area contributed by atoms with E-state index in [0.717, 1.165) is 18.9 Å². The van der Waals surface area contributed by atoms with Crippen molar-refractivity contribution in [3.63, 3.8) is 0 Å². The summed E-state index contributed by atoms with van der Waals surface area (Å²) in [7, 11) is 1.64. The van der Waals surface area contributed by atoms with E-state index in [1.807, 2.05) is 0 Å². The Morgan fingerprint density at radius 3 is 2.12 bits per heavy atom. The number of rotatable bonds is 9. The molecule has 3 nitrogen and oxygen atoms in total. The van der Waals surface area contributed by atoms with Crippen molar-refractivity contribution < 1.29 is 4.79 Å². The first-order valence-corrected chi connectivity index (χ1v) is 6.62. The van der Waals surface area contributed by atoms with Crippen LogP contribution in [0.2, 0.25) is 0 Å². The Bertz CT molecular complexity index is 169. The fourth-order valence-electron chi connectivity index (χ4n) is 1.68. The summed E-state index contributed by atoms with van der Waals surface area (Å²) in [5.41, 5.74) is 0. The third-order valence-electron chi connectivity index (χ3n) is 2.72. The molecule has 0 rings (SSSR count). The molecule has 0 saturated carbocycles. The van der Waals surface area contributed by atoms with E-state index >= 15 is 0 Å². The minimum Gasteiger partial charge on any atom is -0.341 e. The van der Waals surface area contributed by atoms with E-state index in [2.05, 4.69) is 24.5 Å². The third kappa shape index (κ3) is 11.3. The van der Waals surface area contributed by atoms with Crippen molar-refractivity contribution in [3.05, 3.63) is 0 Å². The van der Waals surface area contributed by atoms with Crippen molar-refractivity contribution in [2.45, 2.75) is 58.8 Å². The van der Waals surface area contributed by atoms with Gasteiger partial charge in [-0.05, 0) is 12.3 Å². The molecular weight excluding hydrogens is 200 g/mol. The summed E-state index contributed by atoms with van der Waals surface area (Å²) in [6.07, 6.45) is 9.05. The molecule has 0 fully saturated rings. The van der Waals surface area contributed by atoms with Gasteiger partial charge in [0, 0.05) is 13.6 Å². The lowest BCUT2D eigenvalue weighted by atomic mass is 10.0. The second kappa shape index (κ2) is 10.8. The summed E-state index contributed by atoms with van der Waals surface area (Å²) in [5.74, 6) is 0.844. The highest BCUT2D eigenvalue weighted by Crippen LogP contribution is 2.10. The van der Waals surface area contributed by atoms with Crippen molar-refractivity contribution in [2.24, 2.45) is 5.92 Å². The first-order chi connectivity index (χ1) is 7.66. The fourth-order valence-corrected chi connectivity index (χ4v) is 1.68. The van der Waals surface area contributed by atoms with Crippen molar-refractivity contribution in [2.75, 3.05) is 13.6 Å². The number of nitrogens with one attached hydrogen (secondary N) is 2. The highest BCUT2D eigenvalue weighted by molar-refractivity contribution is 5.73. The van der Waals surface area contributed by atoms with Gasteiger partial charge in [-0.1, -0.05) is 52.4 Å². The highest BCUT2D eigenvalue weighted by atomic mass is 16.2. The Balaban J connectivity index is 3.01. The van der Waals surface area contributed by atoms with Crippen LogP contribution in [-0.4, -0.2) is 19.6 Å². The molecule has 16 heavy (non-hydrogen) atoms. The van der Waals surface area contributed by atoms with Crippen LogP contribution in [0.1, 0.15) is 58.8 Å². The Labute approximate surface area is 100 Å². The maximum Gasteiger partial charge on any atom is 0.314 e. The molecule has 0 spiro atoms. The van der Waals surface area contributed by atoms with E-state index in [0.29, 0.717) is 0 Å². The van der Waals surface area contributed by atoms with Crippen molar-refractivity contribution in [1.82, 2.24) is 10.6 Å². The standard InChI is InChI=1S/C13H28N2O/c1-12(2)10-8-6-4-5-7-9-11-15-13(16)14-3/h12H,4-11H2,1-3H3,(H2,14,15,16). The lowest BCUT2D eigenvalue weighted by Gasteiger charge is -2.05. The summed E-state index contributed by atoms with van der Waals surface area (Å²) >= 11 is 0. The molecule has 0 radical (unpaired) electrons. The summed E-state index contributed by atoms with van der Waals surface area (Å²) in [4.78, 5) is 10.8. The van der Waals surface area contributed by atoms with Crippen LogP contribution in [0, 0.1) is 5.92 Å². The van der Waals surface area contributed by atoms with E-state index in [4.69, 9.17) is 0 Å². The van der Waals surface area contributed by atoms with Gasteiger partial charge in [0.2, 0.25) is 0 Å². The van der Waals surface area contributed by atoms with Gasteiger partial charge in [0.15, 0.2) is 0 Å². The maximum atomic E-state index is 10.8. The van der Waals surface area contributed by atoms with Gasteiger partial charge < -0.3 is 10.6 Å². The Kier molecular flexibility index (Phi) is 10.3. The highest BCUT2D eigenvalue weighted by Gasteiger charge is 1.96. The SMILES string of the molecule is CNC(=O)NCCCCCCCCC(C)C. The van der Waals surface area contributed by atoms with E-state index in [1.54, 1.807) is 7.05 Å². The minimum absolute atomic E-state index is 0.0723. The molecule has 0 aliphatic carbocycles. The molecule has 0 aromatic rings. The van der Waals surface area contributed by atoms with Gasteiger partial charge in [0.05, 0.1) is 0 Å². The first-order valence-electron chi connectivity index (χ1n) is 6.62. The lowest BCUT2D eigenvalue weighted by Crippen LogP contribution is -2.33. The van der Waals surface area contributed by atoms with E-state index in [-0.39, 0.29) is 6.03 Å². The number of carbonyl (C=O) groups excluding carboxylic acids is 1. The molecule has 0 unspecified atom stereocenters. The zero-order valence-corrected chi connectivity index (χ0v) is 11.1. The summed E-state index contributed by atoms with van der Waals surface area (Å²) in [5, 5.41) is 5.34. The molecule has 0 aliphatic rings. The van der Waals surface area contributed by atoms with Gasteiger partial charge in [-0.3, -0.25) is 0 Å². The number of hydrogen-bond donors (Lipinski definition) is 2. The lowest BCUT2D eigenvalue weighted by molar-refractivity contribution is 0.242. The monoisotopic (exact) mass is 228 g/mol. The normalized spacial score (nSPS) is 10.5. The quantitative estimate of drug-likeness (QED) is 0.584. The molecule has 2 amide bonds. The summed E-state index contributed by atoms with van der Waals surface area (Å²) in [6, 6.07) is -0.0723. The predicted octanol–water partition coefficient (Wildman–Crippen LogP) is 3.30. The van der Waals surface area contributed by atoms with Crippen LogP contribution in [0.25, 0.3) is 0 Å². The number of unbranched alkanes of at least 4 members (excludes halogenated alkanes) is 5. The van der Waals surface area contributed by atoms with Gasteiger partial charge in [0.25, 0.3) is 0 Å². The molecule has 0 aromatic heterocycles. The average Bonchev–Trinajstić information content (AvgIpc) is 2.26. The van der Waals surface area contributed by atoms with Crippen LogP contribution in [0.4, 0.5) is 4.79 Å². The molecule has 3 heteroatoms. The molecule has 0 heterocycles. The molecular formula is C13H28N2O. The molecule has 0 saturated heterocycles. The predicted molar refractivity (Wildman–Crippen MR) is 69.6 cm³/mol. The number of carbonyl (C=O) groups is 1. The zero-order valence-electron chi connectivity index (χ0n) is 11.1. The van der Waals surface area contributed by atoms with Crippen LogP contribution in [0.5, 0.6) is 0 Å². The van der Waals surface area contributed by atoms with Gasteiger partial charge in [-0.15, -0.1) is 0 Å². The van der Waals surface area contributed by atoms with Gasteiger partial charge >= 0.3 is 6.03 Å². The summed E-state index contributed by atoms with van der Waals surface area (Å²) in [6.45, 7) is 5.36. The van der Waals surface area contributed by atoms with Crippen LogP contribution < -0.4 is 10.6 Å². The molecule has 2 N–H and O–H groups in total. The van der Waals surface area contributed by atoms with Gasteiger partial charge in [-0.25, -0.2) is 4.79 Å². The topological polar surface area (TPSA) is 41.1 Å². The second-order valence-electron chi connectivity index (χ2n) is 4.81. The van der Waals surface area contributed by atoms with Crippen LogP contribution >= 0.6 is 0 Å². The maximum absolute atomic E-state index is 10.8. The summed E-state index contributed by atoms with van der Waals surface area (Å²) < 4.78 is 0. The molecule has 0 atom stereocenters. The number of urea groups is 1. The third-order valence-corrected chi connectivity index (χ3v) is 2.72. The van der Waals surface area contributed by atoms with Crippen LogP contribution in [0.15, 0.2) is 0 Å². The molecule has 96 valence electrons. The second-order valence-corrected chi connectivity index (χ2v) is 4.81. The Hall–Kier alpha value is -0.730. The van der Waals surface area contributed by atoms with Crippen LogP contribution in [-0.2, 0) is 0 Å². The smallest absolute Gasteiger partial charge is 0.314 e. The van der Waals surface area contributed by atoms with Gasteiger partial charge in [0.1, 0.15) is 0 Å². The molecule has 0 bridgehead atoms.